The molecule has 7 nitrogen and oxygen atoms in total. The van der Waals surface area contributed by atoms with E-state index >= 15 is 0 Å². The summed E-state index contributed by atoms with van der Waals surface area (Å²) < 4.78 is 15.3. The third kappa shape index (κ3) is 4.34. The molecule has 0 atom stereocenters. The van der Waals surface area contributed by atoms with Gasteiger partial charge < -0.3 is 15.5 Å². The molecule has 2 heterocycles. The van der Waals surface area contributed by atoms with Gasteiger partial charge >= 0.3 is 0 Å². The van der Waals surface area contributed by atoms with Gasteiger partial charge in [-0.2, -0.15) is 0 Å². The first-order valence-electron chi connectivity index (χ1n) is 8.89. The van der Waals surface area contributed by atoms with Crippen LogP contribution in [0.3, 0.4) is 0 Å². The highest BCUT2D eigenvalue weighted by atomic mass is 19.1. The second-order valence-corrected chi connectivity index (χ2v) is 6.57. The Morgan fingerprint density at radius 1 is 1.07 bits per heavy atom. The van der Waals surface area contributed by atoms with Crippen molar-refractivity contribution < 1.29 is 14.0 Å². The molecular weight excluding hydrogens is 361 g/mol. The van der Waals surface area contributed by atoms with E-state index in [1.165, 1.54) is 6.07 Å². The van der Waals surface area contributed by atoms with Crippen LogP contribution >= 0.6 is 0 Å². The number of fused-ring (bicyclic) bond motifs is 1. The van der Waals surface area contributed by atoms with Gasteiger partial charge in [-0.15, -0.1) is 0 Å². The van der Waals surface area contributed by atoms with Gasteiger partial charge in [-0.1, -0.05) is 24.3 Å². The molecule has 146 valence electrons. The second kappa shape index (κ2) is 8.62. The highest BCUT2D eigenvalue weighted by Crippen LogP contribution is 2.14. The van der Waals surface area contributed by atoms with Crippen LogP contribution in [-0.4, -0.2) is 53.3 Å². The van der Waals surface area contributed by atoms with E-state index in [1.54, 1.807) is 47.0 Å². The first-order valence-corrected chi connectivity index (χ1v) is 8.89. The summed E-state index contributed by atoms with van der Waals surface area (Å²) in [7, 11) is 3.82. The van der Waals surface area contributed by atoms with Crippen molar-refractivity contribution in [1.82, 2.24) is 24.9 Å². The maximum Gasteiger partial charge on any atom is 0.287 e. The minimum Gasteiger partial charge on any atom is -0.348 e. The molecule has 8 heteroatoms. The summed E-state index contributed by atoms with van der Waals surface area (Å²) in [5, 5.41) is 5.46. The molecule has 0 unspecified atom stereocenters. The quantitative estimate of drug-likeness (QED) is 0.651. The SMILES string of the molecule is CN(C)CCNC(=O)c1nc(C(=O)NCc2ccccc2F)c2ccccn12. The fraction of sp³-hybridized carbons (Fsp3) is 0.250. The Kier molecular flexibility index (Phi) is 6.00. The minimum absolute atomic E-state index is 0.0295. The molecule has 28 heavy (non-hydrogen) atoms. The lowest BCUT2D eigenvalue weighted by Gasteiger charge is -2.09. The van der Waals surface area contributed by atoms with Gasteiger partial charge in [0.25, 0.3) is 11.8 Å². The monoisotopic (exact) mass is 383 g/mol. The number of pyridine rings is 1. The molecule has 1 aromatic carbocycles. The molecule has 0 aliphatic rings. The number of hydrogen-bond donors (Lipinski definition) is 2. The van der Waals surface area contributed by atoms with Crippen LogP contribution in [0.15, 0.2) is 48.7 Å². The fourth-order valence-corrected chi connectivity index (χ4v) is 2.74. The molecule has 0 bridgehead atoms. The number of aromatic nitrogens is 2. The largest absolute Gasteiger partial charge is 0.348 e. The number of halogens is 1. The van der Waals surface area contributed by atoms with E-state index in [9.17, 15) is 14.0 Å². The maximum atomic E-state index is 13.8. The molecule has 0 radical (unpaired) electrons. The van der Waals surface area contributed by atoms with E-state index in [0.717, 1.165) is 0 Å². The number of benzene rings is 1. The summed E-state index contributed by atoms with van der Waals surface area (Å²) >= 11 is 0. The highest BCUT2D eigenvalue weighted by Gasteiger charge is 2.21. The van der Waals surface area contributed by atoms with Gasteiger partial charge in [-0.05, 0) is 32.3 Å². The molecule has 0 aliphatic heterocycles. The van der Waals surface area contributed by atoms with Crippen LogP contribution in [0, 0.1) is 5.82 Å². The average molecular weight is 383 g/mol. The van der Waals surface area contributed by atoms with Crippen molar-refractivity contribution in [2.45, 2.75) is 6.54 Å². The number of hydrogen-bond acceptors (Lipinski definition) is 4. The van der Waals surface area contributed by atoms with Crippen molar-refractivity contribution in [3.05, 3.63) is 71.6 Å². The molecular formula is C20H22FN5O2. The number of likely N-dealkylation sites (N-methyl/N-ethyl adjacent to an activating group) is 1. The Labute approximate surface area is 162 Å². The van der Waals surface area contributed by atoms with E-state index in [2.05, 4.69) is 15.6 Å². The average Bonchev–Trinajstić information content (AvgIpc) is 3.07. The molecule has 2 aromatic heterocycles. The van der Waals surface area contributed by atoms with Gasteiger partial charge in [0, 0.05) is 31.4 Å². The van der Waals surface area contributed by atoms with Gasteiger partial charge in [0.2, 0.25) is 5.82 Å². The van der Waals surface area contributed by atoms with E-state index in [4.69, 9.17) is 0 Å². The summed E-state index contributed by atoms with van der Waals surface area (Å²) in [5.41, 5.74) is 1.00. The summed E-state index contributed by atoms with van der Waals surface area (Å²) in [6, 6.07) is 11.5. The zero-order valence-corrected chi connectivity index (χ0v) is 15.8. The zero-order valence-electron chi connectivity index (χ0n) is 15.8. The Hall–Kier alpha value is -3.26. The third-order valence-corrected chi connectivity index (χ3v) is 4.21. The van der Waals surface area contributed by atoms with Crippen molar-refractivity contribution in [2.75, 3.05) is 27.2 Å². The van der Waals surface area contributed by atoms with E-state index in [1.807, 2.05) is 19.0 Å². The Balaban J connectivity index is 1.80. The number of carbonyl (C=O) groups excluding carboxylic acids is 2. The summed E-state index contributed by atoms with van der Waals surface area (Å²) in [6.45, 7) is 1.18. The predicted molar refractivity (Wildman–Crippen MR) is 104 cm³/mol. The molecule has 0 spiro atoms. The van der Waals surface area contributed by atoms with Crippen molar-refractivity contribution in [3.8, 4) is 0 Å². The van der Waals surface area contributed by atoms with Crippen LogP contribution < -0.4 is 10.6 Å². The number of amides is 2. The molecule has 0 saturated heterocycles. The molecule has 0 aliphatic carbocycles. The van der Waals surface area contributed by atoms with Gasteiger partial charge in [0.15, 0.2) is 5.69 Å². The van der Waals surface area contributed by atoms with Crippen molar-refractivity contribution in [2.24, 2.45) is 0 Å². The van der Waals surface area contributed by atoms with Gasteiger partial charge in [0.1, 0.15) is 5.82 Å². The lowest BCUT2D eigenvalue weighted by atomic mass is 10.2. The first-order chi connectivity index (χ1) is 13.5. The van der Waals surface area contributed by atoms with Crippen molar-refractivity contribution >= 4 is 17.3 Å². The Bertz CT molecular complexity index is 999. The van der Waals surface area contributed by atoms with Crippen molar-refractivity contribution in [3.63, 3.8) is 0 Å². The van der Waals surface area contributed by atoms with E-state index in [0.29, 0.717) is 24.2 Å². The topological polar surface area (TPSA) is 78.7 Å². The van der Waals surface area contributed by atoms with Crippen LogP contribution in [0.1, 0.15) is 26.7 Å². The van der Waals surface area contributed by atoms with E-state index < -0.39 is 11.7 Å². The Morgan fingerprint density at radius 2 is 1.82 bits per heavy atom. The predicted octanol–water partition coefficient (Wildman–Crippen LogP) is 1.69. The highest BCUT2D eigenvalue weighted by molar-refractivity contribution is 6.02. The molecule has 2 N–H and O–H groups in total. The molecule has 3 aromatic rings. The van der Waals surface area contributed by atoms with Crippen LogP contribution in [0.25, 0.3) is 5.52 Å². The molecule has 0 fully saturated rings. The number of nitrogens with zero attached hydrogens (tertiary/aromatic N) is 3. The lowest BCUT2D eigenvalue weighted by molar-refractivity contribution is 0.0940. The van der Waals surface area contributed by atoms with Crippen LogP contribution in [0.2, 0.25) is 0 Å². The minimum atomic E-state index is -0.473. The van der Waals surface area contributed by atoms with Crippen molar-refractivity contribution in [1.29, 1.82) is 0 Å². The maximum absolute atomic E-state index is 13.8. The lowest BCUT2D eigenvalue weighted by Crippen LogP contribution is -2.32. The van der Waals surface area contributed by atoms with E-state index in [-0.39, 0.29) is 24.0 Å². The van der Waals surface area contributed by atoms with Crippen LogP contribution in [0.4, 0.5) is 4.39 Å². The first kappa shape index (κ1) is 19.5. The fourth-order valence-electron chi connectivity index (χ4n) is 2.74. The van der Waals surface area contributed by atoms with Gasteiger partial charge in [-0.25, -0.2) is 9.37 Å². The zero-order chi connectivity index (χ0) is 20.1. The normalized spacial score (nSPS) is 11.0. The second-order valence-electron chi connectivity index (χ2n) is 6.57. The summed E-state index contributed by atoms with van der Waals surface area (Å²) in [6.07, 6.45) is 1.68. The van der Waals surface area contributed by atoms with Crippen LogP contribution in [0.5, 0.6) is 0 Å². The Morgan fingerprint density at radius 3 is 2.57 bits per heavy atom. The number of nitrogens with one attached hydrogen (secondary N) is 2. The summed E-state index contributed by atoms with van der Waals surface area (Å²) in [5.74, 6) is -1.10. The summed E-state index contributed by atoms with van der Waals surface area (Å²) in [4.78, 5) is 31.3. The smallest absolute Gasteiger partial charge is 0.287 e. The molecule has 3 rings (SSSR count). The van der Waals surface area contributed by atoms with Gasteiger partial charge in [-0.3, -0.25) is 14.0 Å². The standard InChI is InChI=1S/C20H22FN5O2/c1-25(2)12-10-22-20(28)18-24-17(16-9-5-6-11-26(16)18)19(27)23-13-14-7-3-4-8-15(14)21/h3-9,11H,10,12-13H2,1-2H3,(H,22,28)(H,23,27). The molecule has 0 saturated carbocycles. The van der Waals surface area contributed by atoms with Gasteiger partial charge in [0.05, 0.1) is 5.52 Å². The third-order valence-electron chi connectivity index (χ3n) is 4.21. The number of imidazole rings is 1. The molecule has 2 amide bonds. The van der Waals surface area contributed by atoms with Crippen LogP contribution in [-0.2, 0) is 6.54 Å². The number of carbonyl (C=O) groups is 2. The number of rotatable bonds is 7.